The molecule has 0 saturated heterocycles. The Labute approximate surface area is 96.2 Å². The highest BCUT2D eigenvalue weighted by Crippen LogP contribution is 2.18. The molecular formula is C13H18N2O. The lowest BCUT2D eigenvalue weighted by Gasteiger charge is -2.12. The molecule has 0 spiro atoms. The molecule has 0 aliphatic heterocycles. The number of allylic oxidation sites excluding steroid dienone is 2. The van der Waals surface area contributed by atoms with E-state index in [1.807, 2.05) is 12.4 Å². The average Bonchev–Trinajstić information content (AvgIpc) is 2.70. The molecule has 3 heteroatoms. The number of hydrogen-bond donors (Lipinski definition) is 0. The summed E-state index contributed by atoms with van der Waals surface area (Å²) in [7, 11) is 0. The number of aryl methyl sites for hydroxylation is 1. The summed E-state index contributed by atoms with van der Waals surface area (Å²) in [6.07, 6.45) is 10.2. The zero-order chi connectivity index (χ0) is 11.4. The first-order valence-corrected chi connectivity index (χ1v) is 5.99. The topological polar surface area (TPSA) is 34.9 Å². The maximum atomic E-state index is 11.1. The normalized spacial score (nSPS) is 16.3. The van der Waals surface area contributed by atoms with Crippen molar-refractivity contribution in [3.63, 3.8) is 0 Å². The van der Waals surface area contributed by atoms with Crippen LogP contribution >= 0.6 is 0 Å². The fourth-order valence-corrected chi connectivity index (χ4v) is 2.08. The van der Waals surface area contributed by atoms with E-state index >= 15 is 0 Å². The van der Waals surface area contributed by atoms with E-state index in [1.165, 1.54) is 5.57 Å². The van der Waals surface area contributed by atoms with Gasteiger partial charge in [0.1, 0.15) is 11.6 Å². The predicted octanol–water partition coefficient (Wildman–Crippen LogP) is 2.52. The molecule has 0 atom stereocenters. The van der Waals surface area contributed by atoms with Gasteiger partial charge in [-0.25, -0.2) is 4.98 Å². The second-order valence-corrected chi connectivity index (χ2v) is 4.32. The molecule has 86 valence electrons. The molecule has 0 fully saturated rings. The number of carbonyl (C=O) groups excluding carboxylic acids is 1. The zero-order valence-corrected chi connectivity index (χ0v) is 9.78. The van der Waals surface area contributed by atoms with Crippen LogP contribution in [0.15, 0.2) is 24.0 Å². The summed E-state index contributed by atoms with van der Waals surface area (Å²) >= 11 is 0. The van der Waals surface area contributed by atoms with Gasteiger partial charge in [0.2, 0.25) is 0 Å². The molecular weight excluding hydrogens is 200 g/mol. The van der Waals surface area contributed by atoms with Crippen molar-refractivity contribution in [3.8, 4) is 0 Å². The van der Waals surface area contributed by atoms with Gasteiger partial charge in [-0.1, -0.05) is 18.6 Å². The van der Waals surface area contributed by atoms with Crippen LogP contribution in [0.2, 0.25) is 0 Å². The molecule has 1 aromatic rings. The van der Waals surface area contributed by atoms with Gasteiger partial charge in [-0.15, -0.1) is 0 Å². The van der Waals surface area contributed by atoms with Crippen LogP contribution < -0.4 is 0 Å². The lowest BCUT2D eigenvalue weighted by Crippen LogP contribution is -2.09. The fourth-order valence-electron chi connectivity index (χ4n) is 2.08. The fraction of sp³-hybridized carbons (Fsp3) is 0.538. The molecule has 1 aliphatic rings. The van der Waals surface area contributed by atoms with E-state index < -0.39 is 0 Å². The van der Waals surface area contributed by atoms with Crippen LogP contribution in [-0.4, -0.2) is 15.3 Å². The van der Waals surface area contributed by atoms with Crippen LogP contribution in [0, 0.1) is 0 Å². The summed E-state index contributed by atoms with van der Waals surface area (Å²) in [5.74, 6) is 1.49. The van der Waals surface area contributed by atoms with Crippen LogP contribution in [0.1, 0.15) is 38.4 Å². The molecule has 1 heterocycles. The molecule has 2 rings (SSSR count). The summed E-state index contributed by atoms with van der Waals surface area (Å²) in [6, 6.07) is 0. The summed E-state index contributed by atoms with van der Waals surface area (Å²) in [5, 5.41) is 0. The highest BCUT2D eigenvalue weighted by Gasteiger charge is 2.12. The number of rotatable bonds is 4. The van der Waals surface area contributed by atoms with Crippen LogP contribution in [-0.2, 0) is 17.8 Å². The van der Waals surface area contributed by atoms with Gasteiger partial charge >= 0.3 is 0 Å². The van der Waals surface area contributed by atoms with E-state index in [4.69, 9.17) is 0 Å². The quantitative estimate of drug-likeness (QED) is 0.728. The van der Waals surface area contributed by atoms with Crippen molar-refractivity contribution < 1.29 is 4.79 Å². The van der Waals surface area contributed by atoms with Crippen molar-refractivity contribution in [1.29, 1.82) is 0 Å². The maximum Gasteiger partial charge on any atom is 0.136 e. The van der Waals surface area contributed by atoms with Gasteiger partial charge < -0.3 is 4.57 Å². The van der Waals surface area contributed by atoms with Crippen molar-refractivity contribution in [2.45, 2.75) is 45.6 Å². The second kappa shape index (κ2) is 5.10. The first-order chi connectivity index (χ1) is 7.79. The molecule has 1 aliphatic carbocycles. The third kappa shape index (κ3) is 2.60. The van der Waals surface area contributed by atoms with E-state index in [0.29, 0.717) is 18.6 Å². The van der Waals surface area contributed by atoms with Crippen molar-refractivity contribution in [2.75, 3.05) is 0 Å². The molecule has 0 N–H and O–H groups in total. The van der Waals surface area contributed by atoms with E-state index in [9.17, 15) is 4.79 Å². The number of imidazole rings is 1. The molecule has 3 nitrogen and oxygen atoms in total. The molecule has 0 aromatic carbocycles. The lowest BCUT2D eigenvalue weighted by atomic mass is 9.96. The van der Waals surface area contributed by atoms with Crippen LogP contribution in [0.5, 0.6) is 0 Å². The van der Waals surface area contributed by atoms with E-state index in [1.54, 1.807) is 0 Å². The molecule has 0 amide bonds. The first-order valence-electron chi connectivity index (χ1n) is 5.99. The van der Waals surface area contributed by atoms with Crippen molar-refractivity contribution in [1.82, 2.24) is 9.55 Å². The smallest absolute Gasteiger partial charge is 0.136 e. The van der Waals surface area contributed by atoms with Crippen LogP contribution in [0.25, 0.3) is 0 Å². The van der Waals surface area contributed by atoms with Gasteiger partial charge in [0.25, 0.3) is 0 Å². The summed E-state index contributed by atoms with van der Waals surface area (Å²) in [5.41, 5.74) is 1.36. The van der Waals surface area contributed by atoms with Gasteiger partial charge in [-0.3, -0.25) is 4.79 Å². The van der Waals surface area contributed by atoms with Crippen molar-refractivity contribution >= 4 is 5.78 Å². The Kier molecular flexibility index (Phi) is 3.54. The number of carbonyl (C=O) groups is 1. The van der Waals surface area contributed by atoms with Crippen LogP contribution in [0.3, 0.4) is 0 Å². The number of aromatic nitrogens is 2. The van der Waals surface area contributed by atoms with E-state index in [0.717, 1.165) is 31.6 Å². The van der Waals surface area contributed by atoms with Gasteiger partial charge in [0, 0.05) is 38.2 Å². The van der Waals surface area contributed by atoms with Crippen LogP contribution in [0.4, 0.5) is 0 Å². The Morgan fingerprint density at radius 3 is 3.00 bits per heavy atom. The molecule has 16 heavy (non-hydrogen) atoms. The zero-order valence-electron chi connectivity index (χ0n) is 9.78. The Balaban J connectivity index is 2.03. The maximum absolute atomic E-state index is 11.1. The summed E-state index contributed by atoms with van der Waals surface area (Å²) < 4.78 is 2.21. The summed E-state index contributed by atoms with van der Waals surface area (Å²) in [6.45, 7) is 3.20. The largest absolute Gasteiger partial charge is 0.335 e. The highest BCUT2D eigenvalue weighted by atomic mass is 16.1. The second-order valence-electron chi connectivity index (χ2n) is 4.32. The van der Waals surface area contributed by atoms with Crippen molar-refractivity contribution in [3.05, 3.63) is 29.9 Å². The number of Topliss-reactive ketones (excluding diaryl/α,β-unsaturated/α-hetero) is 1. The molecule has 1 aromatic heterocycles. The predicted molar refractivity (Wildman–Crippen MR) is 63.2 cm³/mol. The van der Waals surface area contributed by atoms with Gasteiger partial charge in [0.05, 0.1) is 0 Å². The number of ketones is 1. The molecule has 0 radical (unpaired) electrons. The Morgan fingerprint density at radius 1 is 1.44 bits per heavy atom. The Morgan fingerprint density at radius 2 is 2.31 bits per heavy atom. The molecule has 0 bridgehead atoms. The SMILES string of the molecule is CCCn1ccnc1CC1=CCC(=O)CC1. The Hall–Kier alpha value is -1.38. The summed E-state index contributed by atoms with van der Waals surface area (Å²) in [4.78, 5) is 15.5. The third-order valence-electron chi connectivity index (χ3n) is 2.99. The van der Waals surface area contributed by atoms with Crippen molar-refractivity contribution in [2.24, 2.45) is 0 Å². The third-order valence-corrected chi connectivity index (χ3v) is 2.99. The standard InChI is InChI=1S/C13H18N2O/c1-2-8-15-9-7-14-13(15)10-11-3-5-12(16)6-4-11/h3,7,9H,2,4-6,8,10H2,1H3. The molecule has 0 saturated carbocycles. The first kappa shape index (κ1) is 11.1. The van der Waals surface area contributed by atoms with E-state index in [-0.39, 0.29) is 0 Å². The average molecular weight is 218 g/mol. The van der Waals surface area contributed by atoms with Gasteiger partial charge in [-0.05, 0) is 12.8 Å². The van der Waals surface area contributed by atoms with Gasteiger partial charge in [0.15, 0.2) is 0 Å². The number of nitrogens with zero attached hydrogens (tertiary/aromatic N) is 2. The Bertz CT molecular complexity index is 404. The monoisotopic (exact) mass is 218 g/mol. The highest BCUT2D eigenvalue weighted by molar-refractivity contribution is 5.81. The number of hydrogen-bond acceptors (Lipinski definition) is 2. The van der Waals surface area contributed by atoms with Gasteiger partial charge in [-0.2, -0.15) is 0 Å². The molecule has 0 unspecified atom stereocenters. The lowest BCUT2D eigenvalue weighted by molar-refractivity contribution is -0.118. The minimum atomic E-state index is 0.362. The minimum absolute atomic E-state index is 0.362. The van der Waals surface area contributed by atoms with E-state index in [2.05, 4.69) is 22.6 Å². The minimum Gasteiger partial charge on any atom is -0.335 e.